The number of esters is 2. The van der Waals surface area contributed by atoms with Crippen LogP contribution in [-0.4, -0.2) is 29.5 Å². The summed E-state index contributed by atoms with van der Waals surface area (Å²) >= 11 is 6.52. The molecule has 0 spiro atoms. The van der Waals surface area contributed by atoms with Gasteiger partial charge in [0.2, 0.25) is 0 Å². The average Bonchev–Trinajstić information content (AvgIpc) is 2.70. The number of carbonyl (C=O) groups is 2. The maximum atomic E-state index is 12.3. The van der Waals surface area contributed by atoms with Crippen LogP contribution in [-0.2, 0) is 9.47 Å². The van der Waals surface area contributed by atoms with Gasteiger partial charge in [0.05, 0.1) is 11.1 Å². The molecule has 0 radical (unpaired) electrons. The first-order valence-electron chi connectivity index (χ1n) is 8.72. The molecular weight excluding hydrogens is 352 g/mol. The zero-order valence-corrected chi connectivity index (χ0v) is 15.7. The zero-order valence-electron chi connectivity index (χ0n) is 14.9. The van der Waals surface area contributed by atoms with Gasteiger partial charge in [-0.2, -0.15) is 0 Å². The van der Waals surface area contributed by atoms with Crippen LogP contribution < -0.4 is 0 Å². The minimum atomic E-state index is -0.634. The number of halogens is 1. The van der Waals surface area contributed by atoms with Gasteiger partial charge in [-0.05, 0) is 37.1 Å². The molecule has 0 aliphatic carbocycles. The summed E-state index contributed by atoms with van der Waals surface area (Å²) < 4.78 is 11.1. The molecule has 0 saturated heterocycles. The van der Waals surface area contributed by atoms with Crippen molar-refractivity contribution in [2.24, 2.45) is 0 Å². The van der Waals surface area contributed by atoms with E-state index in [4.69, 9.17) is 21.1 Å². The van der Waals surface area contributed by atoms with Crippen LogP contribution in [0, 0.1) is 0 Å². The molecular formula is C21H23ClO4. The van der Waals surface area contributed by atoms with E-state index in [2.05, 4.69) is 0 Å². The molecule has 0 aliphatic heterocycles. The average molecular weight is 375 g/mol. The predicted molar refractivity (Wildman–Crippen MR) is 102 cm³/mol. The van der Waals surface area contributed by atoms with Crippen molar-refractivity contribution in [3.8, 4) is 0 Å². The van der Waals surface area contributed by atoms with E-state index in [1.807, 2.05) is 26.0 Å². The standard InChI is InChI=1S/C21H23ClO4/c1-3-17(25-20(23)15-11-7-5-8-12-15)19(22)18(4-2)26-21(24)16-13-9-6-10-14-16/h5-14,17-19H,3-4H2,1-2H3/t17-,18+,19?. The van der Waals surface area contributed by atoms with Crippen molar-refractivity contribution in [1.29, 1.82) is 0 Å². The van der Waals surface area contributed by atoms with Gasteiger partial charge >= 0.3 is 11.9 Å². The van der Waals surface area contributed by atoms with Crippen molar-refractivity contribution < 1.29 is 19.1 Å². The molecule has 1 unspecified atom stereocenters. The van der Waals surface area contributed by atoms with Crippen molar-refractivity contribution in [2.75, 3.05) is 0 Å². The molecule has 5 heteroatoms. The van der Waals surface area contributed by atoms with E-state index in [0.29, 0.717) is 24.0 Å². The molecule has 2 aromatic rings. The Morgan fingerprint density at radius 2 is 1.12 bits per heavy atom. The largest absolute Gasteiger partial charge is 0.457 e. The number of alkyl halides is 1. The van der Waals surface area contributed by atoms with E-state index in [1.54, 1.807) is 48.5 Å². The lowest BCUT2D eigenvalue weighted by molar-refractivity contribution is 0.000356. The maximum Gasteiger partial charge on any atom is 0.338 e. The van der Waals surface area contributed by atoms with Crippen LogP contribution in [0.2, 0.25) is 0 Å². The van der Waals surface area contributed by atoms with Crippen LogP contribution in [0.3, 0.4) is 0 Å². The molecule has 0 heterocycles. The summed E-state index contributed by atoms with van der Waals surface area (Å²) in [5.41, 5.74) is 0.924. The number of ether oxygens (including phenoxy) is 2. The Bertz CT molecular complexity index is 641. The molecule has 0 N–H and O–H groups in total. The van der Waals surface area contributed by atoms with E-state index < -0.39 is 29.5 Å². The van der Waals surface area contributed by atoms with Crippen LogP contribution in [0.4, 0.5) is 0 Å². The maximum absolute atomic E-state index is 12.3. The highest BCUT2D eigenvalue weighted by Gasteiger charge is 2.31. The zero-order chi connectivity index (χ0) is 18.9. The van der Waals surface area contributed by atoms with Gasteiger partial charge in [0.25, 0.3) is 0 Å². The van der Waals surface area contributed by atoms with Gasteiger partial charge in [-0.1, -0.05) is 50.2 Å². The first kappa shape index (κ1) is 20.0. The second-order valence-electron chi connectivity index (χ2n) is 5.88. The van der Waals surface area contributed by atoms with Crippen molar-refractivity contribution in [3.63, 3.8) is 0 Å². The first-order chi connectivity index (χ1) is 12.6. The molecule has 0 saturated carbocycles. The molecule has 2 rings (SSSR count). The number of benzene rings is 2. The topological polar surface area (TPSA) is 52.6 Å². The quantitative estimate of drug-likeness (QED) is 0.489. The fourth-order valence-electron chi connectivity index (χ4n) is 2.55. The Hall–Kier alpha value is -2.33. The monoisotopic (exact) mass is 374 g/mol. The number of hydrogen-bond acceptors (Lipinski definition) is 4. The van der Waals surface area contributed by atoms with E-state index in [1.165, 1.54) is 0 Å². The van der Waals surface area contributed by atoms with E-state index in [9.17, 15) is 9.59 Å². The summed E-state index contributed by atoms with van der Waals surface area (Å²) in [6.45, 7) is 3.76. The van der Waals surface area contributed by atoms with Gasteiger partial charge < -0.3 is 9.47 Å². The SMILES string of the molecule is CC[C@H](OC(=O)c1ccccc1)C(Cl)[C@@H](CC)OC(=O)c1ccccc1. The molecule has 26 heavy (non-hydrogen) atoms. The Kier molecular flexibility index (Phi) is 7.67. The second-order valence-corrected chi connectivity index (χ2v) is 6.38. The summed E-state index contributed by atoms with van der Waals surface area (Å²) in [5, 5.41) is -0.634. The number of hydrogen-bond donors (Lipinski definition) is 0. The van der Waals surface area contributed by atoms with Crippen LogP contribution in [0.5, 0.6) is 0 Å². The highest BCUT2D eigenvalue weighted by atomic mass is 35.5. The summed E-state index contributed by atoms with van der Waals surface area (Å²) in [7, 11) is 0. The normalized spacial score (nSPS) is 14.1. The third-order valence-electron chi connectivity index (χ3n) is 4.05. The molecule has 0 bridgehead atoms. The fourth-order valence-corrected chi connectivity index (χ4v) is 3.01. The Labute approximate surface area is 159 Å². The minimum absolute atomic E-state index is 0.438. The van der Waals surface area contributed by atoms with Crippen LogP contribution in [0.25, 0.3) is 0 Å². The van der Waals surface area contributed by atoms with Gasteiger partial charge in [0.1, 0.15) is 17.6 Å². The summed E-state index contributed by atoms with van der Waals surface area (Å²) in [6, 6.07) is 17.5. The molecule has 3 atom stereocenters. The number of carbonyl (C=O) groups excluding carboxylic acids is 2. The predicted octanol–water partition coefficient (Wildman–Crippen LogP) is 4.87. The molecule has 4 nitrogen and oxygen atoms in total. The number of rotatable bonds is 8. The second kappa shape index (κ2) is 9.97. The third kappa shape index (κ3) is 5.33. The fraction of sp³-hybridized carbons (Fsp3) is 0.333. The highest BCUT2D eigenvalue weighted by molar-refractivity contribution is 6.21. The lowest BCUT2D eigenvalue weighted by atomic mass is 10.1. The van der Waals surface area contributed by atoms with Crippen molar-refractivity contribution in [1.82, 2.24) is 0 Å². The molecule has 0 aromatic heterocycles. The van der Waals surface area contributed by atoms with Crippen LogP contribution in [0.1, 0.15) is 47.4 Å². The Balaban J connectivity index is 2.03. The summed E-state index contributed by atoms with van der Waals surface area (Å²) in [5.74, 6) is -0.875. The van der Waals surface area contributed by atoms with Crippen molar-refractivity contribution in [3.05, 3.63) is 71.8 Å². The van der Waals surface area contributed by atoms with Gasteiger partial charge in [-0.25, -0.2) is 9.59 Å². The minimum Gasteiger partial charge on any atom is -0.457 e. The Morgan fingerprint density at radius 3 is 1.42 bits per heavy atom. The van der Waals surface area contributed by atoms with Crippen LogP contribution >= 0.6 is 11.6 Å². The molecule has 2 aromatic carbocycles. The highest BCUT2D eigenvalue weighted by Crippen LogP contribution is 2.22. The van der Waals surface area contributed by atoms with Gasteiger partial charge in [0.15, 0.2) is 0 Å². The van der Waals surface area contributed by atoms with Crippen LogP contribution in [0.15, 0.2) is 60.7 Å². The lowest BCUT2D eigenvalue weighted by Crippen LogP contribution is -2.38. The van der Waals surface area contributed by atoms with Crippen molar-refractivity contribution in [2.45, 2.75) is 44.3 Å². The Morgan fingerprint density at radius 1 is 0.769 bits per heavy atom. The van der Waals surface area contributed by atoms with E-state index in [-0.39, 0.29) is 0 Å². The third-order valence-corrected chi connectivity index (χ3v) is 4.61. The van der Waals surface area contributed by atoms with E-state index in [0.717, 1.165) is 0 Å². The smallest absolute Gasteiger partial charge is 0.338 e. The molecule has 138 valence electrons. The first-order valence-corrected chi connectivity index (χ1v) is 9.16. The molecule has 0 amide bonds. The summed E-state index contributed by atoms with van der Waals surface area (Å²) in [6.07, 6.45) is -0.0751. The molecule has 0 aliphatic rings. The van der Waals surface area contributed by atoms with Crippen molar-refractivity contribution >= 4 is 23.5 Å². The van der Waals surface area contributed by atoms with E-state index >= 15 is 0 Å². The molecule has 0 fully saturated rings. The van der Waals surface area contributed by atoms with Gasteiger partial charge in [-0.15, -0.1) is 11.6 Å². The summed E-state index contributed by atoms with van der Waals surface area (Å²) in [4.78, 5) is 24.6. The van der Waals surface area contributed by atoms with Gasteiger partial charge in [-0.3, -0.25) is 0 Å². The van der Waals surface area contributed by atoms with Gasteiger partial charge in [0, 0.05) is 0 Å². The lowest BCUT2D eigenvalue weighted by Gasteiger charge is -2.27.